The molecule has 1 nitrogen and oxygen atoms in total. The summed E-state index contributed by atoms with van der Waals surface area (Å²) >= 11 is 0. The Labute approximate surface area is 109 Å². The molecule has 1 saturated heterocycles. The lowest BCUT2D eigenvalue weighted by Gasteiger charge is -2.39. The number of hydrogen-bond acceptors (Lipinski definition) is 1. The Balaban J connectivity index is 2.02. The standard InChI is InChI=1S/C16H22FN/c1-2-16(14-9-5-6-10-15(14)17)13-8-4-3-7-12(13)11-18-16/h5-6,9-10,12-13,18H,2-4,7-8,11H2,1H3. The van der Waals surface area contributed by atoms with Crippen LogP contribution >= 0.6 is 0 Å². The third-order valence-corrected chi connectivity index (χ3v) is 5.13. The van der Waals surface area contributed by atoms with Crippen LogP contribution in [0.3, 0.4) is 0 Å². The predicted octanol–water partition coefficient (Wildman–Crippen LogP) is 3.84. The summed E-state index contributed by atoms with van der Waals surface area (Å²) in [4.78, 5) is 0. The first-order valence-corrected chi connectivity index (χ1v) is 7.28. The Morgan fingerprint density at radius 2 is 2.06 bits per heavy atom. The van der Waals surface area contributed by atoms with Crippen LogP contribution in [0, 0.1) is 17.7 Å². The van der Waals surface area contributed by atoms with Crippen molar-refractivity contribution in [3.8, 4) is 0 Å². The first kappa shape index (κ1) is 12.2. The fourth-order valence-electron chi connectivity index (χ4n) is 4.24. The van der Waals surface area contributed by atoms with Gasteiger partial charge >= 0.3 is 0 Å². The van der Waals surface area contributed by atoms with Crippen LogP contribution in [0.1, 0.15) is 44.6 Å². The highest BCUT2D eigenvalue weighted by molar-refractivity contribution is 5.29. The lowest BCUT2D eigenvalue weighted by molar-refractivity contribution is 0.179. The van der Waals surface area contributed by atoms with E-state index >= 15 is 0 Å². The van der Waals surface area contributed by atoms with Gasteiger partial charge in [0.25, 0.3) is 0 Å². The Morgan fingerprint density at radius 1 is 1.28 bits per heavy atom. The predicted molar refractivity (Wildman–Crippen MR) is 71.8 cm³/mol. The number of rotatable bonds is 2. The van der Waals surface area contributed by atoms with Crippen LogP contribution in [0.5, 0.6) is 0 Å². The smallest absolute Gasteiger partial charge is 0.128 e. The Hall–Kier alpha value is -0.890. The van der Waals surface area contributed by atoms with Crippen LogP contribution in [-0.4, -0.2) is 6.54 Å². The highest BCUT2D eigenvalue weighted by atomic mass is 19.1. The van der Waals surface area contributed by atoms with Crippen LogP contribution in [0.15, 0.2) is 24.3 Å². The van der Waals surface area contributed by atoms with Crippen LogP contribution in [0.4, 0.5) is 4.39 Å². The van der Waals surface area contributed by atoms with Crippen LogP contribution in [-0.2, 0) is 5.54 Å². The summed E-state index contributed by atoms with van der Waals surface area (Å²) < 4.78 is 14.2. The van der Waals surface area contributed by atoms with Gasteiger partial charge in [-0.05, 0) is 43.7 Å². The van der Waals surface area contributed by atoms with Crippen molar-refractivity contribution in [2.45, 2.75) is 44.6 Å². The molecule has 3 atom stereocenters. The monoisotopic (exact) mass is 247 g/mol. The van der Waals surface area contributed by atoms with Crippen LogP contribution in [0.25, 0.3) is 0 Å². The van der Waals surface area contributed by atoms with E-state index in [1.54, 1.807) is 12.1 Å². The zero-order chi connectivity index (χ0) is 12.6. The second-order valence-electron chi connectivity index (χ2n) is 5.84. The zero-order valence-corrected chi connectivity index (χ0v) is 11.1. The van der Waals surface area contributed by atoms with Gasteiger partial charge in [0.15, 0.2) is 0 Å². The first-order valence-electron chi connectivity index (χ1n) is 7.28. The van der Waals surface area contributed by atoms with Crippen molar-refractivity contribution in [3.63, 3.8) is 0 Å². The molecule has 0 bridgehead atoms. The molecule has 1 aliphatic heterocycles. The molecule has 0 amide bonds. The summed E-state index contributed by atoms with van der Waals surface area (Å²) in [5.41, 5.74) is 0.776. The van der Waals surface area contributed by atoms with E-state index in [1.807, 2.05) is 12.1 Å². The van der Waals surface area contributed by atoms with Gasteiger partial charge in [-0.25, -0.2) is 4.39 Å². The minimum atomic E-state index is -0.115. The molecule has 0 aromatic heterocycles. The van der Waals surface area contributed by atoms with Gasteiger partial charge in [0.1, 0.15) is 5.82 Å². The minimum absolute atomic E-state index is 0.0435. The van der Waals surface area contributed by atoms with Crippen molar-refractivity contribution in [1.29, 1.82) is 0 Å². The third-order valence-electron chi connectivity index (χ3n) is 5.13. The van der Waals surface area contributed by atoms with E-state index in [4.69, 9.17) is 0 Å². The topological polar surface area (TPSA) is 12.0 Å². The van der Waals surface area contributed by atoms with Gasteiger partial charge in [0, 0.05) is 11.1 Å². The molecule has 1 N–H and O–H groups in total. The second-order valence-corrected chi connectivity index (χ2v) is 5.84. The maximum absolute atomic E-state index is 14.2. The summed E-state index contributed by atoms with van der Waals surface area (Å²) in [6, 6.07) is 7.33. The van der Waals surface area contributed by atoms with E-state index in [-0.39, 0.29) is 11.4 Å². The molecule has 1 saturated carbocycles. The third kappa shape index (κ3) is 1.70. The van der Waals surface area contributed by atoms with Crippen molar-refractivity contribution in [2.75, 3.05) is 6.54 Å². The molecule has 3 unspecified atom stereocenters. The average molecular weight is 247 g/mol. The fourth-order valence-corrected chi connectivity index (χ4v) is 4.24. The summed E-state index contributed by atoms with van der Waals surface area (Å²) in [5, 5.41) is 3.68. The van der Waals surface area contributed by atoms with Gasteiger partial charge in [-0.2, -0.15) is 0 Å². The zero-order valence-electron chi connectivity index (χ0n) is 11.1. The van der Waals surface area contributed by atoms with Crippen molar-refractivity contribution in [1.82, 2.24) is 5.32 Å². The van der Waals surface area contributed by atoms with Gasteiger partial charge in [-0.1, -0.05) is 38.0 Å². The van der Waals surface area contributed by atoms with E-state index in [1.165, 1.54) is 25.7 Å². The lowest BCUT2D eigenvalue weighted by atomic mass is 9.68. The number of nitrogens with one attached hydrogen (secondary N) is 1. The quantitative estimate of drug-likeness (QED) is 0.837. The Bertz CT molecular complexity index is 431. The molecule has 0 radical (unpaired) electrons. The van der Waals surface area contributed by atoms with Crippen molar-refractivity contribution in [2.24, 2.45) is 11.8 Å². The largest absolute Gasteiger partial charge is 0.307 e. The fraction of sp³-hybridized carbons (Fsp3) is 0.625. The van der Waals surface area contributed by atoms with Crippen molar-refractivity contribution in [3.05, 3.63) is 35.6 Å². The maximum Gasteiger partial charge on any atom is 0.128 e. The summed E-state index contributed by atoms with van der Waals surface area (Å²) in [5.74, 6) is 1.32. The Morgan fingerprint density at radius 3 is 2.83 bits per heavy atom. The van der Waals surface area contributed by atoms with Gasteiger partial charge in [0.05, 0.1) is 0 Å². The SMILES string of the molecule is CCC1(c2ccccc2F)NCC2CCCCC21. The molecule has 2 heteroatoms. The molecule has 0 spiro atoms. The van der Waals surface area contributed by atoms with Gasteiger partial charge < -0.3 is 5.32 Å². The molecule has 1 aromatic carbocycles. The van der Waals surface area contributed by atoms with E-state index in [9.17, 15) is 4.39 Å². The number of hydrogen-bond donors (Lipinski definition) is 1. The first-order chi connectivity index (χ1) is 8.78. The molecule has 98 valence electrons. The highest BCUT2D eigenvalue weighted by Crippen LogP contribution is 2.49. The molecule has 2 aliphatic rings. The van der Waals surface area contributed by atoms with Crippen LogP contribution in [0.2, 0.25) is 0 Å². The van der Waals surface area contributed by atoms with Crippen molar-refractivity contribution >= 4 is 0 Å². The molecule has 18 heavy (non-hydrogen) atoms. The molecule has 1 aliphatic carbocycles. The van der Waals surface area contributed by atoms with E-state index < -0.39 is 0 Å². The van der Waals surface area contributed by atoms with E-state index in [0.717, 1.165) is 24.4 Å². The van der Waals surface area contributed by atoms with Gasteiger partial charge in [-0.3, -0.25) is 0 Å². The van der Waals surface area contributed by atoms with Gasteiger partial charge in [0.2, 0.25) is 0 Å². The molecule has 1 aromatic rings. The number of halogens is 1. The van der Waals surface area contributed by atoms with Crippen LogP contribution < -0.4 is 5.32 Å². The minimum Gasteiger partial charge on any atom is -0.307 e. The molecular weight excluding hydrogens is 225 g/mol. The number of benzene rings is 1. The van der Waals surface area contributed by atoms with Gasteiger partial charge in [-0.15, -0.1) is 0 Å². The highest BCUT2D eigenvalue weighted by Gasteiger charge is 2.49. The molecule has 1 heterocycles. The number of fused-ring (bicyclic) bond motifs is 1. The maximum atomic E-state index is 14.2. The molecule has 3 rings (SSSR count). The average Bonchev–Trinajstić information content (AvgIpc) is 2.79. The Kier molecular flexibility index (Phi) is 3.14. The normalized spacial score (nSPS) is 35.4. The molecular formula is C16H22FN. The van der Waals surface area contributed by atoms with E-state index in [0.29, 0.717) is 5.92 Å². The summed E-state index contributed by atoms with van der Waals surface area (Å²) in [6.07, 6.45) is 6.20. The van der Waals surface area contributed by atoms with Crippen molar-refractivity contribution < 1.29 is 4.39 Å². The summed E-state index contributed by atoms with van der Waals surface area (Å²) in [7, 11) is 0. The second kappa shape index (κ2) is 4.65. The molecule has 2 fully saturated rings. The van der Waals surface area contributed by atoms with E-state index in [2.05, 4.69) is 12.2 Å². The lowest BCUT2D eigenvalue weighted by Crippen LogP contribution is -2.43. The summed E-state index contributed by atoms with van der Waals surface area (Å²) in [6.45, 7) is 3.25.